The maximum atomic E-state index is 14.2. The third-order valence-corrected chi connectivity index (χ3v) is 5.05. The first kappa shape index (κ1) is 17.5. The van der Waals surface area contributed by atoms with Crippen molar-refractivity contribution in [3.05, 3.63) is 41.8 Å². The molecule has 26 heavy (non-hydrogen) atoms. The first-order chi connectivity index (χ1) is 12.4. The summed E-state index contributed by atoms with van der Waals surface area (Å²) in [6.07, 6.45) is 1.16. The molecular formula is C16H14FN5O3S. The Labute approximate surface area is 148 Å². The van der Waals surface area contributed by atoms with Crippen molar-refractivity contribution in [3.8, 4) is 11.9 Å². The minimum absolute atomic E-state index is 0.0302. The number of nitrogens with zero attached hydrogens (tertiary/aromatic N) is 2. The van der Waals surface area contributed by atoms with Gasteiger partial charge in [0.25, 0.3) is 10.0 Å². The predicted molar refractivity (Wildman–Crippen MR) is 93.6 cm³/mol. The second-order valence-corrected chi connectivity index (χ2v) is 7.04. The summed E-state index contributed by atoms with van der Waals surface area (Å²) in [5.41, 5.74) is 6.90. The van der Waals surface area contributed by atoms with Gasteiger partial charge in [0.05, 0.1) is 19.6 Å². The van der Waals surface area contributed by atoms with Gasteiger partial charge in [0.2, 0.25) is 5.88 Å². The van der Waals surface area contributed by atoms with Crippen LogP contribution in [0, 0.1) is 17.1 Å². The minimum atomic E-state index is -4.13. The maximum absolute atomic E-state index is 14.2. The Balaban J connectivity index is 2.03. The van der Waals surface area contributed by atoms with Gasteiger partial charge in [-0.1, -0.05) is 0 Å². The van der Waals surface area contributed by atoms with Crippen LogP contribution in [0.15, 0.2) is 35.4 Å². The fourth-order valence-electron chi connectivity index (χ4n) is 2.49. The number of nitriles is 1. The number of nitrogen functional groups attached to an aromatic ring is 1. The quantitative estimate of drug-likeness (QED) is 0.585. The van der Waals surface area contributed by atoms with Crippen molar-refractivity contribution in [3.63, 3.8) is 0 Å². The topological polar surface area (TPSA) is 134 Å². The Morgan fingerprint density at radius 2 is 2.19 bits per heavy atom. The number of benzene rings is 1. The zero-order chi connectivity index (χ0) is 18.9. The number of nitrogens with one attached hydrogen (secondary N) is 2. The van der Waals surface area contributed by atoms with Crippen LogP contribution in [0.2, 0.25) is 0 Å². The van der Waals surface area contributed by atoms with Gasteiger partial charge in [0.15, 0.2) is 11.6 Å². The van der Waals surface area contributed by atoms with Crippen LogP contribution in [0.4, 0.5) is 15.9 Å². The van der Waals surface area contributed by atoms with Crippen LogP contribution in [0.3, 0.4) is 0 Å². The monoisotopic (exact) mass is 375 g/mol. The van der Waals surface area contributed by atoms with Gasteiger partial charge in [-0.25, -0.2) is 12.8 Å². The first-order valence-electron chi connectivity index (χ1n) is 7.35. The van der Waals surface area contributed by atoms with Crippen molar-refractivity contribution in [1.29, 1.82) is 5.26 Å². The van der Waals surface area contributed by atoms with Crippen LogP contribution in [0.5, 0.6) is 5.88 Å². The molecule has 2 aromatic heterocycles. The van der Waals surface area contributed by atoms with Gasteiger partial charge in [-0.15, -0.1) is 0 Å². The first-order valence-corrected chi connectivity index (χ1v) is 8.84. The minimum Gasteiger partial charge on any atom is -0.481 e. The van der Waals surface area contributed by atoms with E-state index >= 15 is 0 Å². The Hall–Kier alpha value is -3.32. The molecule has 0 aliphatic carbocycles. The average molecular weight is 375 g/mol. The summed E-state index contributed by atoms with van der Waals surface area (Å²) in [5.74, 6) is -1.46. The average Bonchev–Trinajstić information content (AvgIpc) is 3.01. The molecule has 134 valence electrons. The number of fused-ring (bicyclic) bond motifs is 1. The number of aromatic amines is 1. The fraction of sp³-hybridized carbons (Fsp3) is 0.125. The zero-order valence-electron chi connectivity index (χ0n) is 13.6. The van der Waals surface area contributed by atoms with E-state index in [0.717, 1.165) is 6.07 Å². The zero-order valence-corrected chi connectivity index (χ0v) is 14.4. The van der Waals surface area contributed by atoms with Crippen LogP contribution in [0.1, 0.15) is 5.56 Å². The Bertz CT molecular complexity index is 1130. The molecule has 0 radical (unpaired) electrons. The number of nitrogens with two attached hydrogens (primary N) is 1. The van der Waals surface area contributed by atoms with Crippen molar-refractivity contribution in [1.82, 2.24) is 9.97 Å². The highest BCUT2D eigenvalue weighted by atomic mass is 32.2. The van der Waals surface area contributed by atoms with E-state index in [4.69, 9.17) is 15.7 Å². The lowest BCUT2D eigenvalue weighted by atomic mass is 10.2. The number of H-pyrrole nitrogens is 1. The normalized spacial score (nSPS) is 11.3. The predicted octanol–water partition coefficient (Wildman–Crippen LogP) is 2.16. The van der Waals surface area contributed by atoms with Gasteiger partial charge >= 0.3 is 0 Å². The van der Waals surface area contributed by atoms with Gasteiger partial charge in [-0.3, -0.25) is 4.72 Å². The SMILES string of the molecule is COc1nc(NS(=O)(=O)c2c[nH]c3cc(N)ccc23)c(F)cc1CC#N. The molecule has 1 aromatic carbocycles. The van der Waals surface area contributed by atoms with Crippen molar-refractivity contribution in [2.45, 2.75) is 11.3 Å². The summed E-state index contributed by atoms with van der Waals surface area (Å²) in [6, 6.07) is 7.58. The van der Waals surface area contributed by atoms with E-state index < -0.39 is 21.7 Å². The van der Waals surface area contributed by atoms with Crippen LogP contribution in [-0.4, -0.2) is 25.5 Å². The second kappa shape index (κ2) is 6.53. The third kappa shape index (κ3) is 3.12. The number of hydrogen-bond donors (Lipinski definition) is 3. The fourth-order valence-corrected chi connectivity index (χ4v) is 3.68. The van der Waals surface area contributed by atoms with E-state index in [1.807, 2.05) is 6.07 Å². The molecule has 0 atom stereocenters. The molecule has 4 N–H and O–H groups in total. The number of sulfonamides is 1. The summed E-state index contributed by atoms with van der Waals surface area (Å²) < 4.78 is 46.7. The molecule has 0 unspecified atom stereocenters. The van der Waals surface area contributed by atoms with Crippen molar-refractivity contribution < 1.29 is 17.5 Å². The highest BCUT2D eigenvalue weighted by Crippen LogP contribution is 2.28. The molecule has 0 saturated heterocycles. The molecule has 0 spiro atoms. The Morgan fingerprint density at radius 1 is 1.42 bits per heavy atom. The summed E-state index contributed by atoms with van der Waals surface area (Å²) in [4.78, 5) is 6.56. The van der Waals surface area contributed by atoms with E-state index in [-0.39, 0.29) is 22.8 Å². The highest BCUT2D eigenvalue weighted by Gasteiger charge is 2.23. The lowest BCUT2D eigenvalue weighted by Gasteiger charge is -2.11. The van der Waals surface area contributed by atoms with Gasteiger partial charge in [-0.2, -0.15) is 10.2 Å². The van der Waals surface area contributed by atoms with E-state index in [1.165, 1.54) is 13.3 Å². The van der Waals surface area contributed by atoms with E-state index in [2.05, 4.69) is 14.7 Å². The molecule has 0 bridgehead atoms. The van der Waals surface area contributed by atoms with Crippen molar-refractivity contribution in [2.24, 2.45) is 0 Å². The summed E-state index contributed by atoms with van der Waals surface area (Å²) in [6.45, 7) is 0. The molecule has 0 aliphatic rings. The summed E-state index contributed by atoms with van der Waals surface area (Å²) in [7, 11) is -2.83. The number of anilines is 2. The number of ether oxygens (including phenoxy) is 1. The van der Waals surface area contributed by atoms with Crippen LogP contribution in [0.25, 0.3) is 10.9 Å². The van der Waals surface area contributed by atoms with Crippen molar-refractivity contribution in [2.75, 3.05) is 17.6 Å². The molecule has 3 aromatic rings. The molecule has 2 heterocycles. The number of hydrogen-bond acceptors (Lipinski definition) is 6. The van der Waals surface area contributed by atoms with E-state index in [9.17, 15) is 12.8 Å². The van der Waals surface area contributed by atoms with E-state index in [1.54, 1.807) is 18.2 Å². The molecule has 10 heteroatoms. The Kier molecular flexibility index (Phi) is 4.40. The summed E-state index contributed by atoms with van der Waals surface area (Å²) in [5, 5.41) is 9.15. The number of rotatable bonds is 5. The lowest BCUT2D eigenvalue weighted by molar-refractivity contribution is 0.392. The van der Waals surface area contributed by atoms with Crippen LogP contribution >= 0.6 is 0 Å². The van der Waals surface area contributed by atoms with Crippen molar-refractivity contribution >= 4 is 32.4 Å². The smallest absolute Gasteiger partial charge is 0.265 e. The number of methoxy groups -OCH3 is 1. The van der Waals surface area contributed by atoms with E-state index in [0.29, 0.717) is 16.6 Å². The third-order valence-electron chi connectivity index (χ3n) is 3.67. The maximum Gasteiger partial charge on any atom is 0.265 e. The standard InChI is InChI=1S/C16H14FN5O3S/c1-25-16-9(4-5-18)6-12(17)15(21-16)22-26(23,24)14-8-20-13-7-10(19)2-3-11(13)14/h2-3,6-8,20H,4,19H2,1H3,(H,21,22). The van der Waals surface area contributed by atoms with Gasteiger partial charge in [-0.05, 0) is 24.3 Å². The molecule has 8 nitrogen and oxygen atoms in total. The van der Waals surface area contributed by atoms with Gasteiger partial charge in [0.1, 0.15) is 4.90 Å². The molecular weight excluding hydrogens is 361 g/mol. The van der Waals surface area contributed by atoms with Gasteiger partial charge in [0, 0.05) is 28.4 Å². The van der Waals surface area contributed by atoms with Gasteiger partial charge < -0.3 is 15.5 Å². The number of pyridine rings is 1. The van der Waals surface area contributed by atoms with Crippen LogP contribution in [-0.2, 0) is 16.4 Å². The van der Waals surface area contributed by atoms with Crippen LogP contribution < -0.4 is 15.2 Å². The molecule has 0 aliphatic heterocycles. The lowest BCUT2D eigenvalue weighted by Crippen LogP contribution is -2.15. The summed E-state index contributed by atoms with van der Waals surface area (Å²) >= 11 is 0. The molecule has 0 saturated carbocycles. The highest BCUT2D eigenvalue weighted by molar-refractivity contribution is 7.93. The number of halogens is 1. The Morgan fingerprint density at radius 3 is 2.88 bits per heavy atom. The largest absolute Gasteiger partial charge is 0.481 e. The molecule has 3 rings (SSSR count). The number of aromatic nitrogens is 2. The second-order valence-electron chi connectivity index (χ2n) is 5.39. The molecule has 0 fully saturated rings. The molecule has 0 amide bonds.